The highest BCUT2D eigenvalue weighted by molar-refractivity contribution is 6.33. The van der Waals surface area contributed by atoms with Crippen LogP contribution in [-0.4, -0.2) is 34.8 Å². The Hall–Kier alpha value is -2.28. The molecular weight excluding hydrogens is 368 g/mol. The van der Waals surface area contributed by atoms with Gasteiger partial charge in [-0.05, 0) is 52.7 Å². The minimum absolute atomic E-state index is 0.0563. The van der Waals surface area contributed by atoms with Gasteiger partial charge in [0.25, 0.3) is 11.5 Å². The lowest BCUT2D eigenvalue weighted by molar-refractivity contribution is 0.0901. The quantitative estimate of drug-likeness (QED) is 0.868. The summed E-state index contributed by atoms with van der Waals surface area (Å²) in [5, 5.41) is 7.48. The molecule has 0 atom stereocenters. The first-order chi connectivity index (χ1) is 12.7. The summed E-state index contributed by atoms with van der Waals surface area (Å²) in [7, 11) is 0. The van der Waals surface area contributed by atoms with Gasteiger partial charge in [-0.25, -0.2) is 4.68 Å². The minimum Gasteiger partial charge on any atom is -0.456 e. The Morgan fingerprint density at radius 3 is 2.52 bits per heavy atom. The van der Waals surface area contributed by atoms with Crippen LogP contribution in [0.25, 0.3) is 0 Å². The predicted molar refractivity (Wildman–Crippen MR) is 105 cm³/mol. The zero-order valence-corrected chi connectivity index (χ0v) is 16.8. The molecule has 7 nitrogen and oxygen atoms in total. The fourth-order valence-electron chi connectivity index (χ4n) is 3.20. The highest BCUT2D eigenvalue weighted by Crippen LogP contribution is 2.26. The lowest BCUT2D eigenvalue weighted by Gasteiger charge is -2.34. The number of carbonyl (C=O) groups is 1. The van der Waals surface area contributed by atoms with Gasteiger partial charge in [-0.15, -0.1) is 0 Å². The summed E-state index contributed by atoms with van der Waals surface area (Å²) in [5.74, 6) is 0.837. The maximum atomic E-state index is 12.5. The highest BCUT2D eigenvalue weighted by Gasteiger charge is 2.26. The normalized spacial score (nSPS) is 15.8. The maximum Gasteiger partial charge on any atom is 0.288 e. The van der Waals surface area contributed by atoms with E-state index in [1.54, 1.807) is 25.3 Å². The van der Waals surface area contributed by atoms with Crippen LogP contribution in [0.5, 0.6) is 0 Å². The molecule has 0 radical (unpaired) electrons. The molecule has 1 aliphatic heterocycles. The molecule has 1 saturated heterocycles. The van der Waals surface area contributed by atoms with E-state index in [1.807, 2.05) is 25.7 Å². The molecular formula is C19H25ClN4O3. The second-order valence-corrected chi connectivity index (χ2v) is 8.25. The molecule has 3 heterocycles. The molecule has 27 heavy (non-hydrogen) atoms. The van der Waals surface area contributed by atoms with Gasteiger partial charge in [0.15, 0.2) is 5.76 Å². The third-order valence-electron chi connectivity index (χ3n) is 4.67. The van der Waals surface area contributed by atoms with E-state index < -0.39 is 5.54 Å². The summed E-state index contributed by atoms with van der Waals surface area (Å²) in [4.78, 5) is 26.8. The molecule has 0 bridgehead atoms. The number of piperidine rings is 1. The van der Waals surface area contributed by atoms with Crippen LogP contribution in [-0.2, 0) is 5.54 Å². The summed E-state index contributed by atoms with van der Waals surface area (Å²) < 4.78 is 6.76. The Labute approximate surface area is 163 Å². The van der Waals surface area contributed by atoms with E-state index >= 15 is 0 Å². The number of hydrogen-bond donors (Lipinski definition) is 1. The van der Waals surface area contributed by atoms with E-state index in [4.69, 9.17) is 16.0 Å². The van der Waals surface area contributed by atoms with Crippen LogP contribution in [0.4, 0.5) is 5.69 Å². The molecule has 8 heteroatoms. The van der Waals surface area contributed by atoms with Gasteiger partial charge < -0.3 is 14.6 Å². The molecule has 1 fully saturated rings. The summed E-state index contributed by atoms with van der Waals surface area (Å²) in [6.45, 7) is 8.90. The topological polar surface area (TPSA) is 80.4 Å². The second-order valence-electron chi connectivity index (χ2n) is 7.88. The lowest BCUT2D eigenvalue weighted by atomic mass is 10.0. The first kappa shape index (κ1) is 19.5. The van der Waals surface area contributed by atoms with Gasteiger partial charge in [0.2, 0.25) is 0 Å². The number of aromatic nitrogens is 2. The summed E-state index contributed by atoms with van der Waals surface area (Å²) in [6, 6.07) is 3.50. The molecule has 2 aromatic rings. The molecule has 2 aromatic heterocycles. The smallest absolute Gasteiger partial charge is 0.288 e. The summed E-state index contributed by atoms with van der Waals surface area (Å²) in [6.07, 6.45) is 3.16. The Balaban J connectivity index is 1.65. The van der Waals surface area contributed by atoms with Crippen LogP contribution in [0.15, 0.2) is 27.5 Å². The van der Waals surface area contributed by atoms with Crippen LogP contribution in [0.1, 0.15) is 49.9 Å². The molecule has 0 aliphatic carbocycles. The van der Waals surface area contributed by atoms with Gasteiger partial charge in [-0.3, -0.25) is 9.59 Å². The number of halogens is 1. The molecule has 3 rings (SSSR count). The number of nitrogens with one attached hydrogen (secondary N) is 1. The number of anilines is 1. The zero-order valence-electron chi connectivity index (χ0n) is 16.1. The zero-order chi connectivity index (χ0) is 19.8. The van der Waals surface area contributed by atoms with E-state index in [0.717, 1.165) is 12.8 Å². The largest absolute Gasteiger partial charge is 0.456 e. The molecule has 1 aliphatic rings. The first-order valence-electron chi connectivity index (χ1n) is 9.07. The van der Waals surface area contributed by atoms with Crippen molar-refractivity contribution in [2.75, 3.05) is 18.0 Å². The Morgan fingerprint density at radius 2 is 1.96 bits per heavy atom. The number of aryl methyl sites for hydroxylation is 1. The van der Waals surface area contributed by atoms with Crippen molar-refractivity contribution in [1.29, 1.82) is 0 Å². The number of carbonyl (C=O) groups excluding carboxylic acids is 1. The Bertz CT molecular complexity index is 889. The van der Waals surface area contributed by atoms with Crippen molar-refractivity contribution in [2.24, 2.45) is 0 Å². The van der Waals surface area contributed by atoms with E-state index in [2.05, 4.69) is 10.4 Å². The van der Waals surface area contributed by atoms with Crippen molar-refractivity contribution in [3.8, 4) is 0 Å². The predicted octanol–water partition coefficient (Wildman–Crippen LogP) is 2.95. The maximum absolute atomic E-state index is 12.5. The second kappa shape index (κ2) is 7.38. The lowest BCUT2D eigenvalue weighted by Crippen LogP contribution is -2.45. The van der Waals surface area contributed by atoms with E-state index in [9.17, 15) is 9.59 Å². The van der Waals surface area contributed by atoms with Gasteiger partial charge in [0, 0.05) is 19.1 Å². The van der Waals surface area contributed by atoms with E-state index in [-0.39, 0.29) is 22.5 Å². The fraction of sp³-hybridized carbons (Fsp3) is 0.526. The molecule has 0 spiro atoms. The highest BCUT2D eigenvalue weighted by atomic mass is 35.5. The first-order valence-corrected chi connectivity index (χ1v) is 9.45. The monoisotopic (exact) mass is 392 g/mol. The number of rotatable bonds is 3. The molecule has 0 unspecified atom stereocenters. The van der Waals surface area contributed by atoms with Gasteiger partial charge >= 0.3 is 0 Å². The number of amides is 1. The minimum atomic E-state index is -0.430. The van der Waals surface area contributed by atoms with E-state index in [0.29, 0.717) is 30.3 Å². The van der Waals surface area contributed by atoms with Crippen LogP contribution < -0.4 is 15.8 Å². The van der Waals surface area contributed by atoms with Crippen LogP contribution in [0.2, 0.25) is 5.02 Å². The Kier molecular flexibility index (Phi) is 5.33. The van der Waals surface area contributed by atoms with Crippen molar-refractivity contribution in [3.05, 3.63) is 45.2 Å². The Morgan fingerprint density at radius 1 is 1.30 bits per heavy atom. The van der Waals surface area contributed by atoms with Crippen LogP contribution in [0.3, 0.4) is 0 Å². The van der Waals surface area contributed by atoms with Crippen molar-refractivity contribution >= 4 is 23.2 Å². The average Bonchev–Trinajstić information content (AvgIpc) is 3.04. The van der Waals surface area contributed by atoms with Crippen LogP contribution in [0, 0.1) is 6.92 Å². The third-order valence-corrected chi connectivity index (χ3v) is 5.03. The number of furan rings is 1. The SMILES string of the molecule is Cc1ccc(C(=O)NC2CCN(c3cnn(C(C)(C)C)c(=O)c3Cl)CC2)o1. The van der Waals surface area contributed by atoms with Gasteiger partial charge in [-0.2, -0.15) is 5.10 Å². The standard InChI is InChI=1S/C19H25ClN4O3/c1-12-5-6-15(27-12)17(25)22-13-7-9-23(10-8-13)14-11-21-24(19(2,3)4)18(26)16(14)20/h5-6,11,13H,7-10H2,1-4H3,(H,22,25). The molecule has 1 amide bonds. The van der Waals surface area contributed by atoms with E-state index in [1.165, 1.54) is 4.68 Å². The third kappa shape index (κ3) is 4.18. The van der Waals surface area contributed by atoms with Crippen molar-refractivity contribution in [3.63, 3.8) is 0 Å². The average molecular weight is 393 g/mol. The van der Waals surface area contributed by atoms with Gasteiger partial charge in [0.1, 0.15) is 10.8 Å². The van der Waals surface area contributed by atoms with Crippen molar-refractivity contribution in [1.82, 2.24) is 15.1 Å². The van der Waals surface area contributed by atoms with Crippen molar-refractivity contribution in [2.45, 2.75) is 52.1 Å². The van der Waals surface area contributed by atoms with Crippen molar-refractivity contribution < 1.29 is 9.21 Å². The number of hydrogen-bond acceptors (Lipinski definition) is 5. The van der Waals surface area contributed by atoms with Gasteiger partial charge in [-0.1, -0.05) is 11.6 Å². The van der Waals surface area contributed by atoms with Crippen LogP contribution >= 0.6 is 11.6 Å². The van der Waals surface area contributed by atoms with Gasteiger partial charge in [0.05, 0.1) is 17.4 Å². The fourth-order valence-corrected chi connectivity index (χ4v) is 3.45. The molecule has 146 valence electrons. The summed E-state index contributed by atoms with van der Waals surface area (Å²) >= 11 is 6.34. The molecule has 0 aromatic carbocycles. The molecule has 0 saturated carbocycles. The molecule has 1 N–H and O–H groups in total. The number of nitrogens with zero attached hydrogens (tertiary/aromatic N) is 3. The summed E-state index contributed by atoms with van der Waals surface area (Å²) in [5.41, 5.74) is -0.0697.